The molecule has 1 atom stereocenters. The van der Waals surface area contributed by atoms with E-state index >= 15 is 0 Å². The fraction of sp³-hybridized carbons (Fsp3) is 1.00. The van der Waals surface area contributed by atoms with E-state index in [0.29, 0.717) is 0 Å². The van der Waals surface area contributed by atoms with Gasteiger partial charge in [0, 0.05) is 0 Å². The van der Waals surface area contributed by atoms with Gasteiger partial charge in [-0.15, -0.1) is 0 Å². The van der Waals surface area contributed by atoms with E-state index in [1.165, 1.54) is 21.7 Å². The van der Waals surface area contributed by atoms with Crippen molar-refractivity contribution in [2.75, 3.05) is 0 Å². The summed E-state index contributed by atoms with van der Waals surface area (Å²) in [6, 6.07) is 0. The fourth-order valence-corrected chi connectivity index (χ4v) is 5.74. The van der Waals surface area contributed by atoms with Crippen LogP contribution < -0.4 is 0 Å². The third kappa shape index (κ3) is 5.53. The summed E-state index contributed by atoms with van der Waals surface area (Å²) < 4.78 is 2.65. The van der Waals surface area contributed by atoms with Gasteiger partial charge < -0.3 is 0 Å². The van der Waals surface area contributed by atoms with Gasteiger partial charge in [-0.2, -0.15) is 0 Å². The molecule has 0 aromatic rings. The van der Waals surface area contributed by atoms with Crippen molar-refractivity contribution in [3.8, 4) is 0 Å². The summed E-state index contributed by atoms with van der Waals surface area (Å²) in [5.41, 5.74) is 0. The molecule has 0 aliphatic rings. The van der Waals surface area contributed by atoms with Crippen LogP contribution in [0.15, 0.2) is 0 Å². The van der Waals surface area contributed by atoms with Crippen LogP contribution in [0.25, 0.3) is 0 Å². The SMILES string of the molecule is CCC[CH2][Sn]([CH3])([Cl])[CH2]C. The number of rotatable bonds is 4. The zero-order chi connectivity index (χ0) is 7.33. The van der Waals surface area contributed by atoms with E-state index in [1.54, 1.807) is 0 Å². The van der Waals surface area contributed by atoms with Crippen molar-refractivity contribution in [1.82, 2.24) is 0 Å². The van der Waals surface area contributed by atoms with Gasteiger partial charge >= 0.3 is 66.7 Å². The molecule has 1 unspecified atom stereocenters. The molecule has 0 amide bonds. The van der Waals surface area contributed by atoms with Crippen molar-refractivity contribution in [3.05, 3.63) is 0 Å². The standard InChI is InChI=1S/C4H9.C2H5.CH3.ClH.Sn/c1-3-4-2;1-2;;;/h1,3-4H2,2H3;1H2,2H3;1H3;1H;/q;;;;+1/p-1. The second-order valence-corrected chi connectivity index (χ2v) is 20.5. The molecule has 0 nitrogen and oxygen atoms in total. The summed E-state index contributed by atoms with van der Waals surface area (Å²) >= 11 is -1.89. The summed E-state index contributed by atoms with van der Waals surface area (Å²) in [5, 5.41) is 0. The summed E-state index contributed by atoms with van der Waals surface area (Å²) in [6.07, 6.45) is 2.66. The Morgan fingerprint density at radius 3 is 2.22 bits per heavy atom. The molecule has 0 bridgehead atoms. The minimum absolute atomic E-state index is 1.29. The molecule has 0 rings (SSSR count). The van der Waals surface area contributed by atoms with Gasteiger partial charge in [-0.05, 0) is 0 Å². The molecule has 0 fully saturated rings. The van der Waals surface area contributed by atoms with Gasteiger partial charge in [0.05, 0.1) is 0 Å². The molecule has 0 spiro atoms. The van der Waals surface area contributed by atoms with Gasteiger partial charge in [-0.1, -0.05) is 0 Å². The Balaban J connectivity index is 3.33. The first-order chi connectivity index (χ1) is 4.12. The fourth-order valence-electron chi connectivity index (χ4n) is 0.722. The minimum atomic E-state index is -1.89. The van der Waals surface area contributed by atoms with Gasteiger partial charge in [-0.25, -0.2) is 0 Å². The van der Waals surface area contributed by atoms with E-state index in [-0.39, 0.29) is 0 Å². The van der Waals surface area contributed by atoms with Gasteiger partial charge in [0.25, 0.3) is 0 Å². The normalized spacial score (nSPS) is 17.3. The molecule has 56 valence electrons. The molecule has 0 radical (unpaired) electrons. The van der Waals surface area contributed by atoms with Crippen LogP contribution in [0.2, 0.25) is 13.8 Å². The Morgan fingerprint density at radius 2 is 1.89 bits per heavy atom. The quantitative estimate of drug-likeness (QED) is 0.673. The number of hydrogen-bond acceptors (Lipinski definition) is 0. The molecule has 0 aromatic heterocycles. The molecule has 0 aromatic carbocycles. The Morgan fingerprint density at radius 1 is 1.33 bits per heavy atom. The average Bonchev–Trinajstić information content (AvgIpc) is 1.84. The second-order valence-electron chi connectivity index (χ2n) is 2.87. The predicted octanol–water partition coefficient (Wildman–Crippen LogP) is 3.62. The zero-order valence-electron chi connectivity index (χ0n) is 6.71. The van der Waals surface area contributed by atoms with E-state index in [1.807, 2.05) is 0 Å². The maximum atomic E-state index is 6.31. The molecule has 2 heteroatoms. The summed E-state index contributed by atoms with van der Waals surface area (Å²) in [5.74, 6) is 0. The summed E-state index contributed by atoms with van der Waals surface area (Å²) in [4.78, 5) is 2.33. The van der Waals surface area contributed by atoms with E-state index in [0.717, 1.165) is 0 Å². The molecular weight excluding hydrogens is 238 g/mol. The average molecular weight is 255 g/mol. The van der Waals surface area contributed by atoms with Crippen molar-refractivity contribution >= 4 is 26.2 Å². The molecule has 0 saturated carbocycles. The third-order valence-corrected chi connectivity index (χ3v) is 13.0. The van der Waals surface area contributed by atoms with Crippen LogP contribution in [0.4, 0.5) is 0 Å². The first kappa shape index (κ1) is 10.1. The van der Waals surface area contributed by atoms with E-state index < -0.39 is 17.3 Å². The molecule has 0 heterocycles. The number of halogens is 1. The van der Waals surface area contributed by atoms with Gasteiger partial charge in [0.1, 0.15) is 0 Å². The van der Waals surface area contributed by atoms with Crippen molar-refractivity contribution in [2.24, 2.45) is 0 Å². The van der Waals surface area contributed by atoms with Crippen LogP contribution in [0.3, 0.4) is 0 Å². The van der Waals surface area contributed by atoms with Crippen molar-refractivity contribution in [2.45, 2.75) is 40.5 Å². The molecular formula is C7H17ClSn. The number of unbranched alkanes of at least 4 members (excludes halogenated alkanes) is 1. The van der Waals surface area contributed by atoms with Crippen molar-refractivity contribution in [3.63, 3.8) is 0 Å². The van der Waals surface area contributed by atoms with Crippen molar-refractivity contribution < 1.29 is 0 Å². The molecule has 0 aliphatic heterocycles. The molecule has 9 heavy (non-hydrogen) atoms. The van der Waals surface area contributed by atoms with Gasteiger partial charge in [0.15, 0.2) is 0 Å². The molecule has 0 N–H and O–H groups in total. The monoisotopic (exact) mass is 256 g/mol. The number of hydrogen-bond donors (Lipinski definition) is 0. The molecule has 0 saturated heterocycles. The third-order valence-electron chi connectivity index (χ3n) is 1.79. The van der Waals surface area contributed by atoms with E-state index in [4.69, 9.17) is 8.92 Å². The van der Waals surface area contributed by atoms with Crippen LogP contribution in [-0.2, 0) is 0 Å². The van der Waals surface area contributed by atoms with Crippen molar-refractivity contribution in [1.29, 1.82) is 0 Å². The first-order valence-electron chi connectivity index (χ1n) is 3.81. The summed E-state index contributed by atoms with van der Waals surface area (Å²) in [6.45, 7) is 4.47. The van der Waals surface area contributed by atoms with E-state index in [2.05, 4.69) is 18.8 Å². The summed E-state index contributed by atoms with van der Waals surface area (Å²) in [7, 11) is 6.31. The van der Waals surface area contributed by atoms with E-state index in [9.17, 15) is 0 Å². The first-order valence-corrected chi connectivity index (χ1v) is 14.3. The van der Waals surface area contributed by atoms with Gasteiger partial charge in [-0.3, -0.25) is 0 Å². The van der Waals surface area contributed by atoms with Crippen LogP contribution >= 0.6 is 8.92 Å². The van der Waals surface area contributed by atoms with Crippen LogP contribution in [0.5, 0.6) is 0 Å². The van der Waals surface area contributed by atoms with Crippen LogP contribution in [0.1, 0.15) is 26.7 Å². The van der Waals surface area contributed by atoms with Gasteiger partial charge in [0.2, 0.25) is 0 Å². The Bertz CT molecular complexity index is 71.3. The Hall–Kier alpha value is 1.09. The maximum absolute atomic E-state index is 6.31. The second kappa shape index (κ2) is 4.84. The van der Waals surface area contributed by atoms with Crippen LogP contribution in [0, 0.1) is 0 Å². The Kier molecular flexibility index (Phi) is 5.42. The predicted molar refractivity (Wildman–Crippen MR) is 47.7 cm³/mol. The zero-order valence-corrected chi connectivity index (χ0v) is 10.3. The molecule has 0 aliphatic carbocycles. The van der Waals surface area contributed by atoms with Crippen LogP contribution in [-0.4, -0.2) is 17.3 Å². The topological polar surface area (TPSA) is 0 Å². The Labute approximate surface area is 66.6 Å².